The molecule has 2 aromatic carbocycles. The Balaban J connectivity index is 1.43. The molecule has 0 aliphatic carbocycles. The number of nitrogens with one attached hydrogen (secondary N) is 2. The Hall–Kier alpha value is -3.29. The molecule has 2 aromatic rings. The highest BCUT2D eigenvalue weighted by Crippen LogP contribution is 2.32. The van der Waals surface area contributed by atoms with Gasteiger partial charge in [0, 0.05) is 24.7 Å². The summed E-state index contributed by atoms with van der Waals surface area (Å²) in [5.74, 6) is 1.05. The average Bonchev–Trinajstić information content (AvgIpc) is 2.90. The number of nitrogens with two attached hydrogens (primary N) is 1. The van der Waals surface area contributed by atoms with Crippen LogP contribution in [0.15, 0.2) is 47.5 Å². The summed E-state index contributed by atoms with van der Waals surface area (Å²) in [7, 11) is 0. The van der Waals surface area contributed by atoms with Crippen LogP contribution in [0.5, 0.6) is 11.5 Å². The van der Waals surface area contributed by atoms with Gasteiger partial charge in [0.05, 0.1) is 26.2 Å². The number of rotatable bonds is 6. The van der Waals surface area contributed by atoms with Crippen molar-refractivity contribution >= 4 is 17.6 Å². The summed E-state index contributed by atoms with van der Waals surface area (Å²) in [6, 6.07) is 11.4. The van der Waals surface area contributed by atoms with E-state index in [0.29, 0.717) is 43.4 Å². The van der Waals surface area contributed by atoms with E-state index in [9.17, 15) is 9.18 Å². The number of amides is 1. The van der Waals surface area contributed by atoms with Crippen LogP contribution in [0.3, 0.4) is 0 Å². The lowest BCUT2D eigenvalue weighted by molar-refractivity contribution is -0.120. The van der Waals surface area contributed by atoms with E-state index in [0.717, 1.165) is 12.1 Å². The first kappa shape index (κ1) is 19.5. The molecule has 0 spiro atoms. The molecule has 0 aromatic heterocycles. The summed E-state index contributed by atoms with van der Waals surface area (Å²) in [5.41, 5.74) is 7.24. The summed E-state index contributed by atoms with van der Waals surface area (Å²) in [6.07, 6.45) is 0.957. The molecule has 3 rings (SSSR count). The summed E-state index contributed by atoms with van der Waals surface area (Å²) in [6.45, 7) is 1.89. The number of nitrogens with zero attached hydrogens (tertiary/aromatic N) is 1. The molecule has 148 valence electrons. The first-order chi connectivity index (χ1) is 13.6. The van der Waals surface area contributed by atoms with Crippen LogP contribution < -0.4 is 25.8 Å². The van der Waals surface area contributed by atoms with Crippen LogP contribution in [0.25, 0.3) is 0 Å². The number of benzene rings is 2. The minimum absolute atomic E-state index is 0.117. The van der Waals surface area contributed by atoms with Crippen molar-refractivity contribution in [2.24, 2.45) is 10.7 Å². The van der Waals surface area contributed by atoms with Crippen LogP contribution in [0.2, 0.25) is 0 Å². The maximum Gasteiger partial charge on any atom is 0.224 e. The van der Waals surface area contributed by atoms with Gasteiger partial charge in [-0.2, -0.15) is 0 Å². The van der Waals surface area contributed by atoms with Gasteiger partial charge in [-0.3, -0.25) is 9.79 Å². The number of hydrogen-bond donors (Lipinski definition) is 3. The summed E-state index contributed by atoms with van der Waals surface area (Å²) < 4.78 is 24.3. The minimum atomic E-state index is -0.358. The smallest absolute Gasteiger partial charge is 0.224 e. The largest absolute Gasteiger partial charge is 0.490 e. The maximum absolute atomic E-state index is 13.1. The highest BCUT2D eigenvalue weighted by molar-refractivity contribution is 5.92. The molecule has 4 N–H and O–H groups in total. The molecule has 0 saturated heterocycles. The van der Waals surface area contributed by atoms with E-state index in [1.807, 2.05) is 18.2 Å². The van der Waals surface area contributed by atoms with Gasteiger partial charge in [-0.15, -0.1) is 0 Å². The van der Waals surface area contributed by atoms with Gasteiger partial charge >= 0.3 is 0 Å². The van der Waals surface area contributed by atoms with Crippen LogP contribution in [-0.4, -0.2) is 38.2 Å². The van der Waals surface area contributed by atoms with E-state index in [1.54, 1.807) is 12.1 Å². The fraction of sp³-hybridized carbons (Fsp3) is 0.300. The number of fused-ring (bicyclic) bond motifs is 1. The second-order valence-electron chi connectivity index (χ2n) is 6.26. The molecule has 0 bridgehead atoms. The third-order valence-electron chi connectivity index (χ3n) is 3.99. The zero-order valence-corrected chi connectivity index (χ0v) is 15.4. The monoisotopic (exact) mass is 386 g/mol. The van der Waals surface area contributed by atoms with E-state index in [-0.39, 0.29) is 24.1 Å². The number of aliphatic imine (C=N–C) groups is 1. The topological polar surface area (TPSA) is 98.0 Å². The molecule has 0 radical (unpaired) electrons. The number of halogens is 1. The minimum Gasteiger partial charge on any atom is -0.490 e. The quantitative estimate of drug-likeness (QED) is 0.401. The van der Waals surface area contributed by atoms with Gasteiger partial charge in [0.25, 0.3) is 0 Å². The van der Waals surface area contributed by atoms with Crippen molar-refractivity contribution in [2.45, 2.75) is 12.8 Å². The van der Waals surface area contributed by atoms with Crippen molar-refractivity contribution in [1.29, 1.82) is 0 Å². The van der Waals surface area contributed by atoms with Gasteiger partial charge in [0.1, 0.15) is 5.82 Å². The molecule has 0 unspecified atom stereocenters. The number of ether oxygens (including phenoxy) is 2. The molecular weight excluding hydrogens is 363 g/mol. The average molecular weight is 386 g/mol. The first-order valence-electron chi connectivity index (χ1n) is 9.08. The van der Waals surface area contributed by atoms with E-state index >= 15 is 0 Å². The van der Waals surface area contributed by atoms with Crippen molar-refractivity contribution in [2.75, 3.05) is 31.6 Å². The number of hydrogen-bond acceptors (Lipinski definition) is 4. The van der Waals surface area contributed by atoms with Crippen molar-refractivity contribution in [3.8, 4) is 11.5 Å². The zero-order valence-electron chi connectivity index (χ0n) is 15.4. The van der Waals surface area contributed by atoms with E-state index in [2.05, 4.69) is 15.6 Å². The normalized spacial score (nSPS) is 13.5. The van der Waals surface area contributed by atoms with Crippen molar-refractivity contribution in [3.63, 3.8) is 0 Å². The van der Waals surface area contributed by atoms with E-state index < -0.39 is 0 Å². The Kier molecular flexibility index (Phi) is 6.67. The number of guanidine groups is 1. The molecule has 28 heavy (non-hydrogen) atoms. The number of carbonyl (C=O) groups excluding carboxylic acids is 1. The Labute approximate surface area is 162 Å². The van der Waals surface area contributed by atoms with Gasteiger partial charge in [-0.1, -0.05) is 12.1 Å². The molecule has 8 heteroatoms. The standard InChI is InChI=1S/C20H23FN4O3/c21-15-4-1-3-14(11-15)12-19(26)23-7-8-24-20(22)25-16-5-6-17-18(13-16)28-10-2-9-27-17/h1,3-6,11,13H,2,7-10,12H2,(H,23,26)(H3,22,24,25). The summed E-state index contributed by atoms with van der Waals surface area (Å²) >= 11 is 0. The van der Waals surface area contributed by atoms with E-state index in [4.69, 9.17) is 15.2 Å². The van der Waals surface area contributed by atoms with Gasteiger partial charge < -0.3 is 25.8 Å². The van der Waals surface area contributed by atoms with E-state index in [1.165, 1.54) is 12.1 Å². The maximum atomic E-state index is 13.1. The second kappa shape index (κ2) is 9.59. The second-order valence-corrected chi connectivity index (χ2v) is 6.26. The molecule has 1 aliphatic rings. The van der Waals surface area contributed by atoms with Gasteiger partial charge in [-0.25, -0.2) is 4.39 Å². The molecule has 0 fully saturated rings. The van der Waals surface area contributed by atoms with Crippen LogP contribution in [0, 0.1) is 5.82 Å². The van der Waals surface area contributed by atoms with Crippen LogP contribution in [0.4, 0.5) is 10.1 Å². The molecule has 0 atom stereocenters. The van der Waals surface area contributed by atoms with Crippen LogP contribution in [0.1, 0.15) is 12.0 Å². The molecule has 1 aliphatic heterocycles. The predicted octanol–water partition coefficient (Wildman–Crippen LogP) is 2.07. The highest BCUT2D eigenvalue weighted by atomic mass is 19.1. The molecule has 1 heterocycles. The fourth-order valence-corrected chi connectivity index (χ4v) is 2.69. The zero-order chi connectivity index (χ0) is 19.8. The molecular formula is C20H23FN4O3. The number of anilines is 1. The lowest BCUT2D eigenvalue weighted by Crippen LogP contribution is -2.29. The fourth-order valence-electron chi connectivity index (χ4n) is 2.69. The van der Waals surface area contributed by atoms with Gasteiger partial charge in [0.15, 0.2) is 17.5 Å². The lowest BCUT2D eigenvalue weighted by Gasteiger charge is -2.11. The van der Waals surface area contributed by atoms with Crippen molar-refractivity contribution < 1.29 is 18.7 Å². The highest BCUT2D eigenvalue weighted by Gasteiger charge is 2.11. The summed E-state index contributed by atoms with van der Waals surface area (Å²) in [4.78, 5) is 16.0. The predicted molar refractivity (Wildman–Crippen MR) is 105 cm³/mol. The van der Waals surface area contributed by atoms with Crippen LogP contribution >= 0.6 is 0 Å². The first-order valence-corrected chi connectivity index (χ1v) is 9.08. The Morgan fingerprint density at radius 3 is 2.79 bits per heavy atom. The third kappa shape index (κ3) is 5.87. The molecule has 0 saturated carbocycles. The Morgan fingerprint density at radius 2 is 1.96 bits per heavy atom. The molecule has 1 amide bonds. The van der Waals surface area contributed by atoms with Crippen molar-refractivity contribution in [1.82, 2.24) is 5.32 Å². The Bertz CT molecular complexity index is 857. The lowest BCUT2D eigenvalue weighted by atomic mass is 10.1. The van der Waals surface area contributed by atoms with Crippen LogP contribution in [-0.2, 0) is 11.2 Å². The third-order valence-corrected chi connectivity index (χ3v) is 3.99. The summed E-state index contributed by atoms with van der Waals surface area (Å²) in [5, 5.41) is 5.71. The van der Waals surface area contributed by atoms with Gasteiger partial charge in [0.2, 0.25) is 5.91 Å². The molecule has 7 nitrogen and oxygen atoms in total. The number of carbonyl (C=O) groups is 1. The van der Waals surface area contributed by atoms with Crippen molar-refractivity contribution in [3.05, 3.63) is 53.8 Å². The Morgan fingerprint density at radius 1 is 1.14 bits per heavy atom. The van der Waals surface area contributed by atoms with Gasteiger partial charge in [-0.05, 0) is 29.8 Å². The SMILES string of the molecule is NC(=NCCNC(=O)Cc1cccc(F)c1)Nc1ccc2c(c1)OCCCO2.